The number of methoxy groups -OCH3 is 1. The number of benzene rings is 1. The van der Waals surface area contributed by atoms with Crippen LogP contribution in [0.25, 0.3) is 0 Å². The van der Waals surface area contributed by atoms with Gasteiger partial charge in [0.1, 0.15) is 0 Å². The van der Waals surface area contributed by atoms with Crippen LogP contribution in [-0.4, -0.2) is 19.8 Å². The third kappa shape index (κ3) is 2.80. The number of hydrogen-bond acceptors (Lipinski definition) is 2. The van der Waals surface area contributed by atoms with Crippen LogP contribution in [0.4, 0.5) is 0 Å². The molecule has 0 bridgehead atoms. The lowest BCUT2D eigenvalue weighted by molar-refractivity contribution is 0.151. The highest BCUT2D eigenvalue weighted by Gasteiger charge is 2.21. The van der Waals surface area contributed by atoms with Gasteiger partial charge in [-0.15, -0.1) is 0 Å². The van der Waals surface area contributed by atoms with Gasteiger partial charge in [-0.2, -0.15) is 0 Å². The van der Waals surface area contributed by atoms with E-state index in [-0.39, 0.29) is 0 Å². The number of rotatable bonds is 5. The molecule has 0 aliphatic heterocycles. The van der Waals surface area contributed by atoms with Crippen molar-refractivity contribution >= 4 is 0 Å². The SMILES string of the molecule is COCC(NC1CCC1)c1ccccc1. The number of nitrogens with one attached hydrogen (secondary N) is 1. The first-order valence-corrected chi connectivity index (χ1v) is 5.70. The van der Waals surface area contributed by atoms with E-state index in [0.717, 1.165) is 6.61 Å². The smallest absolute Gasteiger partial charge is 0.0657 e. The fraction of sp³-hybridized carbons (Fsp3) is 0.538. The maximum atomic E-state index is 5.27. The highest BCUT2D eigenvalue weighted by molar-refractivity contribution is 5.19. The summed E-state index contributed by atoms with van der Waals surface area (Å²) in [5.74, 6) is 0. The van der Waals surface area contributed by atoms with Gasteiger partial charge in [-0.25, -0.2) is 0 Å². The molecule has 82 valence electrons. The van der Waals surface area contributed by atoms with Crippen LogP contribution in [0.1, 0.15) is 30.9 Å². The van der Waals surface area contributed by atoms with Gasteiger partial charge >= 0.3 is 0 Å². The highest BCUT2D eigenvalue weighted by Crippen LogP contribution is 2.23. The molecule has 1 N–H and O–H groups in total. The Bertz CT molecular complexity index is 282. The molecule has 0 amide bonds. The molecule has 1 fully saturated rings. The number of ether oxygens (including phenoxy) is 1. The van der Waals surface area contributed by atoms with E-state index in [4.69, 9.17) is 4.74 Å². The van der Waals surface area contributed by atoms with Crippen LogP contribution in [0.5, 0.6) is 0 Å². The zero-order chi connectivity index (χ0) is 10.5. The summed E-state index contributed by atoms with van der Waals surface area (Å²) < 4.78 is 5.27. The zero-order valence-corrected chi connectivity index (χ0v) is 9.28. The van der Waals surface area contributed by atoms with Gasteiger partial charge in [0.2, 0.25) is 0 Å². The van der Waals surface area contributed by atoms with Crippen molar-refractivity contribution in [1.29, 1.82) is 0 Å². The Kier molecular flexibility index (Phi) is 3.75. The summed E-state index contributed by atoms with van der Waals surface area (Å²) in [7, 11) is 1.76. The van der Waals surface area contributed by atoms with Crippen LogP contribution in [0, 0.1) is 0 Å². The Morgan fingerprint density at radius 2 is 2.07 bits per heavy atom. The second-order valence-corrected chi connectivity index (χ2v) is 4.21. The molecule has 1 aromatic rings. The van der Waals surface area contributed by atoms with Gasteiger partial charge < -0.3 is 10.1 Å². The highest BCUT2D eigenvalue weighted by atomic mass is 16.5. The predicted molar refractivity (Wildman–Crippen MR) is 61.8 cm³/mol. The normalized spacial score (nSPS) is 18.5. The minimum atomic E-state index is 0.349. The quantitative estimate of drug-likeness (QED) is 0.797. The molecule has 2 heteroatoms. The first kappa shape index (κ1) is 10.7. The lowest BCUT2D eigenvalue weighted by Crippen LogP contribution is -2.39. The van der Waals surface area contributed by atoms with Gasteiger partial charge in [0, 0.05) is 13.2 Å². The van der Waals surface area contributed by atoms with Crippen molar-refractivity contribution in [2.75, 3.05) is 13.7 Å². The first-order chi connectivity index (χ1) is 7.40. The molecule has 1 atom stereocenters. The van der Waals surface area contributed by atoms with E-state index in [1.165, 1.54) is 24.8 Å². The van der Waals surface area contributed by atoms with Crippen molar-refractivity contribution in [2.45, 2.75) is 31.3 Å². The molecule has 1 unspecified atom stereocenters. The summed E-state index contributed by atoms with van der Waals surface area (Å²) in [5, 5.41) is 3.65. The Balaban J connectivity index is 1.98. The van der Waals surface area contributed by atoms with E-state index >= 15 is 0 Å². The summed E-state index contributed by atoms with van der Waals surface area (Å²) in [4.78, 5) is 0. The van der Waals surface area contributed by atoms with E-state index in [2.05, 4.69) is 35.6 Å². The van der Waals surface area contributed by atoms with Crippen molar-refractivity contribution in [3.8, 4) is 0 Å². The van der Waals surface area contributed by atoms with Gasteiger partial charge in [0.05, 0.1) is 12.6 Å². The Labute approximate surface area is 91.6 Å². The zero-order valence-electron chi connectivity index (χ0n) is 9.28. The third-order valence-electron chi connectivity index (χ3n) is 3.08. The largest absolute Gasteiger partial charge is 0.383 e. The molecule has 1 saturated carbocycles. The molecule has 1 aromatic carbocycles. The van der Waals surface area contributed by atoms with E-state index in [0.29, 0.717) is 12.1 Å². The number of hydrogen-bond donors (Lipinski definition) is 1. The molecule has 2 nitrogen and oxygen atoms in total. The second kappa shape index (κ2) is 5.29. The van der Waals surface area contributed by atoms with Gasteiger partial charge in [-0.05, 0) is 18.4 Å². The Hall–Kier alpha value is -0.860. The second-order valence-electron chi connectivity index (χ2n) is 4.21. The van der Waals surface area contributed by atoms with Crippen LogP contribution >= 0.6 is 0 Å². The van der Waals surface area contributed by atoms with E-state index < -0.39 is 0 Å². The molecular formula is C13H19NO. The summed E-state index contributed by atoms with van der Waals surface area (Å²) in [6.45, 7) is 0.751. The fourth-order valence-corrected chi connectivity index (χ4v) is 1.95. The van der Waals surface area contributed by atoms with Gasteiger partial charge in [-0.3, -0.25) is 0 Å². The van der Waals surface area contributed by atoms with Gasteiger partial charge in [0.25, 0.3) is 0 Å². The molecule has 0 radical (unpaired) electrons. The van der Waals surface area contributed by atoms with Crippen molar-refractivity contribution in [3.05, 3.63) is 35.9 Å². The van der Waals surface area contributed by atoms with Crippen LogP contribution in [-0.2, 0) is 4.74 Å². The molecule has 15 heavy (non-hydrogen) atoms. The average Bonchev–Trinajstić information content (AvgIpc) is 2.23. The fourth-order valence-electron chi connectivity index (χ4n) is 1.95. The average molecular weight is 205 g/mol. The first-order valence-electron chi connectivity index (χ1n) is 5.70. The van der Waals surface area contributed by atoms with E-state index in [1.54, 1.807) is 7.11 Å². The van der Waals surface area contributed by atoms with Crippen molar-refractivity contribution in [1.82, 2.24) is 5.32 Å². The summed E-state index contributed by atoms with van der Waals surface area (Å²) >= 11 is 0. The van der Waals surface area contributed by atoms with Crippen LogP contribution in [0.15, 0.2) is 30.3 Å². The summed E-state index contributed by atoms with van der Waals surface area (Å²) in [6, 6.07) is 11.6. The minimum absolute atomic E-state index is 0.349. The molecule has 1 aliphatic rings. The standard InChI is InChI=1S/C13H19NO/c1-15-10-13(14-12-8-5-9-12)11-6-3-2-4-7-11/h2-4,6-7,12-14H,5,8-10H2,1H3. The summed E-state index contributed by atoms with van der Waals surface area (Å²) in [5.41, 5.74) is 1.33. The van der Waals surface area contributed by atoms with Crippen molar-refractivity contribution in [3.63, 3.8) is 0 Å². The van der Waals surface area contributed by atoms with Gasteiger partial charge in [-0.1, -0.05) is 36.8 Å². The molecule has 1 aliphatic carbocycles. The molecule has 2 rings (SSSR count). The Morgan fingerprint density at radius 3 is 2.60 bits per heavy atom. The lowest BCUT2D eigenvalue weighted by Gasteiger charge is -2.31. The monoisotopic (exact) mass is 205 g/mol. The molecule has 0 saturated heterocycles. The van der Waals surface area contributed by atoms with Crippen molar-refractivity contribution < 1.29 is 4.74 Å². The minimum Gasteiger partial charge on any atom is -0.383 e. The molecule has 0 aromatic heterocycles. The van der Waals surface area contributed by atoms with Crippen molar-refractivity contribution in [2.24, 2.45) is 0 Å². The maximum absolute atomic E-state index is 5.27. The van der Waals surface area contributed by atoms with E-state index in [1.807, 2.05) is 0 Å². The van der Waals surface area contributed by atoms with Crippen LogP contribution in [0.3, 0.4) is 0 Å². The molecule has 0 heterocycles. The third-order valence-corrected chi connectivity index (χ3v) is 3.08. The predicted octanol–water partition coefficient (Wildman–Crippen LogP) is 2.52. The van der Waals surface area contributed by atoms with E-state index in [9.17, 15) is 0 Å². The van der Waals surface area contributed by atoms with Gasteiger partial charge in [0.15, 0.2) is 0 Å². The summed E-state index contributed by atoms with van der Waals surface area (Å²) in [6.07, 6.45) is 3.99. The van der Waals surface area contributed by atoms with Crippen LogP contribution in [0.2, 0.25) is 0 Å². The lowest BCUT2D eigenvalue weighted by atomic mass is 9.91. The maximum Gasteiger partial charge on any atom is 0.0657 e. The molecular weight excluding hydrogens is 186 g/mol. The Morgan fingerprint density at radius 1 is 1.33 bits per heavy atom. The van der Waals surface area contributed by atoms with Crippen LogP contribution < -0.4 is 5.32 Å². The molecule has 0 spiro atoms. The topological polar surface area (TPSA) is 21.3 Å².